The summed E-state index contributed by atoms with van der Waals surface area (Å²) in [7, 11) is 0. The number of benzene rings is 2. The predicted octanol–water partition coefficient (Wildman–Crippen LogP) is 4.37. The molecule has 0 saturated carbocycles. The molecule has 0 fully saturated rings. The SMILES string of the molecule is O=C(c1ccccc1)C(O)c1ccc(N(CCF)CCF)cc1C(F)(F)F. The quantitative estimate of drug-likeness (QED) is 0.540. The number of alkyl halides is 5. The van der Waals surface area contributed by atoms with Gasteiger partial charge in [-0.3, -0.25) is 4.79 Å². The van der Waals surface area contributed by atoms with Gasteiger partial charge in [-0.05, 0) is 12.1 Å². The second-order valence-electron chi connectivity index (χ2n) is 5.77. The molecule has 1 N–H and O–H groups in total. The van der Waals surface area contributed by atoms with Gasteiger partial charge >= 0.3 is 6.18 Å². The van der Waals surface area contributed by atoms with E-state index in [1.54, 1.807) is 6.07 Å². The molecule has 0 aliphatic heterocycles. The van der Waals surface area contributed by atoms with E-state index in [4.69, 9.17) is 0 Å². The van der Waals surface area contributed by atoms with Crippen molar-refractivity contribution in [3.8, 4) is 0 Å². The van der Waals surface area contributed by atoms with E-state index in [1.807, 2.05) is 0 Å². The van der Waals surface area contributed by atoms with Crippen LogP contribution in [0.1, 0.15) is 27.6 Å². The van der Waals surface area contributed by atoms with E-state index in [9.17, 15) is 31.9 Å². The normalized spacial score (nSPS) is 12.7. The van der Waals surface area contributed by atoms with Crippen LogP contribution >= 0.6 is 0 Å². The molecule has 2 aromatic rings. The van der Waals surface area contributed by atoms with Crippen molar-refractivity contribution < 1.29 is 31.9 Å². The summed E-state index contributed by atoms with van der Waals surface area (Å²) in [4.78, 5) is 13.5. The van der Waals surface area contributed by atoms with Crippen LogP contribution < -0.4 is 4.90 Å². The van der Waals surface area contributed by atoms with E-state index >= 15 is 0 Å². The molecule has 0 spiro atoms. The number of hydrogen-bond acceptors (Lipinski definition) is 3. The molecule has 0 aliphatic rings. The number of aliphatic hydroxyl groups is 1. The zero-order chi connectivity index (χ0) is 20.0. The van der Waals surface area contributed by atoms with Gasteiger partial charge in [0, 0.05) is 29.9 Å². The van der Waals surface area contributed by atoms with Crippen molar-refractivity contribution in [1.29, 1.82) is 0 Å². The number of nitrogens with zero attached hydrogens (tertiary/aromatic N) is 1. The Morgan fingerprint density at radius 2 is 1.59 bits per heavy atom. The largest absolute Gasteiger partial charge is 0.416 e. The predicted molar refractivity (Wildman–Crippen MR) is 91.3 cm³/mol. The van der Waals surface area contributed by atoms with Crippen LogP contribution in [-0.2, 0) is 6.18 Å². The average molecular weight is 387 g/mol. The molecule has 3 nitrogen and oxygen atoms in total. The molecule has 0 amide bonds. The average Bonchev–Trinajstić information content (AvgIpc) is 2.66. The maximum absolute atomic E-state index is 13.5. The molecule has 2 rings (SSSR count). The first-order valence-corrected chi connectivity index (χ1v) is 8.15. The summed E-state index contributed by atoms with van der Waals surface area (Å²) in [5, 5.41) is 10.2. The highest BCUT2D eigenvalue weighted by molar-refractivity contribution is 6.00. The Kier molecular flexibility index (Phi) is 6.90. The Labute approximate surface area is 153 Å². The molecule has 0 aliphatic carbocycles. The number of halogens is 5. The minimum atomic E-state index is -4.86. The van der Waals surface area contributed by atoms with Crippen molar-refractivity contribution >= 4 is 11.5 Å². The van der Waals surface area contributed by atoms with Crippen LogP contribution in [0.2, 0.25) is 0 Å². The number of aliphatic hydroxyl groups excluding tert-OH is 1. The number of Topliss-reactive ketones (excluding diaryl/α,β-unsaturated/α-hetero) is 1. The summed E-state index contributed by atoms with van der Waals surface area (Å²) in [6.07, 6.45) is -6.88. The van der Waals surface area contributed by atoms with Crippen LogP contribution in [0.5, 0.6) is 0 Å². The Balaban J connectivity index is 2.45. The summed E-state index contributed by atoms with van der Waals surface area (Å²) in [6, 6.07) is 10.3. The van der Waals surface area contributed by atoms with E-state index in [0.29, 0.717) is 6.07 Å². The lowest BCUT2D eigenvalue weighted by Crippen LogP contribution is -2.28. The second-order valence-corrected chi connectivity index (χ2v) is 5.77. The van der Waals surface area contributed by atoms with Gasteiger partial charge in [0.15, 0.2) is 5.78 Å². The van der Waals surface area contributed by atoms with Crippen LogP contribution in [0.25, 0.3) is 0 Å². The van der Waals surface area contributed by atoms with Crippen LogP contribution in [-0.4, -0.2) is 37.3 Å². The number of hydrogen-bond donors (Lipinski definition) is 1. The first-order chi connectivity index (χ1) is 12.8. The van der Waals surface area contributed by atoms with Gasteiger partial charge in [0.05, 0.1) is 5.56 Å². The number of ketones is 1. The Hall–Kier alpha value is -2.48. The van der Waals surface area contributed by atoms with Crippen molar-refractivity contribution in [2.45, 2.75) is 12.3 Å². The molecule has 0 heterocycles. The fourth-order valence-electron chi connectivity index (χ4n) is 2.70. The monoisotopic (exact) mass is 387 g/mol. The van der Waals surface area contributed by atoms with E-state index < -0.39 is 42.5 Å². The van der Waals surface area contributed by atoms with Crippen LogP contribution in [0.4, 0.5) is 27.6 Å². The lowest BCUT2D eigenvalue weighted by atomic mass is 9.95. The van der Waals surface area contributed by atoms with Crippen LogP contribution in [0.15, 0.2) is 48.5 Å². The van der Waals surface area contributed by atoms with Gasteiger partial charge in [-0.25, -0.2) is 8.78 Å². The lowest BCUT2D eigenvalue weighted by molar-refractivity contribution is -0.138. The number of carbonyl (C=O) groups excluding carboxylic acids is 1. The Morgan fingerprint density at radius 1 is 1.00 bits per heavy atom. The van der Waals surface area contributed by atoms with Gasteiger partial charge in [-0.2, -0.15) is 13.2 Å². The summed E-state index contributed by atoms with van der Waals surface area (Å²) in [5.41, 5.74) is -1.81. The van der Waals surface area contributed by atoms with Crippen molar-refractivity contribution in [2.24, 2.45) is 0 Å². The third kappa shape index (κ3) is 5.03. The smallest absolute Gasteiger partial charge is 0.380 e. The highest BCUT2D eigenvalue weighted by Gasteiger charge is 2.37. The first-order valence-electron chi connectivity index (χ1n) is 8.15. The van der Waals surface area contributed by atoms with Gasteiger partial charge in [0.1, 0.15) is 19.5 Å². The fraction of sp³-hybridized carbons (Fsp3) is 0.316. The summed E-state index contributed by atoms with van der Waals surface area (Å²) in [5.74, 6) is -0.877. The zero-order valence-electron chi connectivity index (χ0n) is 14.2. The number of carbonyl (C=O) groups is 1. The van der Waals surface area contributed by atoms with Crippen LogP contribution in [0.3, 0.4) is 0 Å². The summed E-state index contributed by atoms with van der Waals surface area (Å²) >= 11 is 0. The van der Waals surface area contributed by atoms with Gasteiger partial charge in [-0.15, -0.1) is 0 Å². The van der Waals surface area contributed by atoms with E-state index in [0.717, 1.165) is 11.0 Å². The summed E-state index contributed by atoms with van der Waals surface area (Å²) in [6.45, 7) is -2.27. The molecule has 0 radical (unpaired) electrons. The maximum Gasteiger partial charge on any atom is 0.416 e. The van der Waals surface area contributed by atoms with Gasteiger partial charge in [0.2, 0.25) is 0 Å². The molecule has 1 unspecified atom stereocenters. The molecular formula is C19H18F5NO2. The minimum Gasteiger partial charge on any atom is -0.380 e. The van der Waals surface area contributed by atoms with Gasteiger partial charge < -0.3 is 10.0 Å². The van der Waals surface area contributed by atoms with E-state index in [1.165, 1.54) is 30.3 Å². The molecule has 2 aromatic carbocycles. The minimum absolute atomic E-state index is 0.0410. The Morgan fingerprint density at radius 3 is 2.11 bits per heavy atom. The van der Waals surface area contributed by atoms with Crippen molar-refractivity contribution in [1.82, 2.24) is 0 Å². The second kappa shape index (κ2) is 8.94. The maximum atomic E-state index is 13.5. The molecule has 0 bridgehead atoms. The third-order valence-electron chi connectivity index (χ3n) is 4.02. The fourth-order valence-corrected chi connectivity index (χ4v) is 2.70. The standard InChI is InChI=1S/C19H18F5NO2/c20-8-10-25(11-9-21)14-6-7-15(16(12-14)19(22,23)24)18(27)17(26)13-4-2-1-3-5-13/h1-7,12,18,27H,8-11H2. The topological polar surface area (TPSA) is 40.5 Å². The van der Waals surface area contributed by atoms with Crippen LogP contribution in [0, 0.1) is 0 Å². The molecule has 1 atom stereocenters. The summed E-state index contributed by atoms with van der Waals surface area (Å²) < 4.78 is 65.7. The van der Waals surface area contributed by atoms with Crippen molar-refractivity contribution in [3.63, 3.8) is 0 Å². The number of rotatable bonds is 8. The zero-order valence-corrected chi connectivity index (χ0v) is 14.2. The Bertz CT molecular complexity index is 758. The highest BCUT2D eigenvalue weighted by Crippen LogP contribution is 2.38. The van der Waals surface area contributed by atoms with Gasteiger partial charge in [-0.1, -0.05) is 36.4 Å². The number of anilines is 1. The third-order valence-corrected chi connectivity index (χ3v) is 4.02. The van der Waals surface area contributed by atoms with Crippen molar-refractivity contribution in [2.75, 3.05) is 31.3 Å². The van der Waals surface area contributed by atoms with Crippen molar-refractivity contribution in [3.05, 3.63) is 65.2 Å². The van der Waals surface area contributed by atoms with E-state index in [2.05, 4.69) is 0 Å². The lowest BCUT2D eigenvalue weighted by Gasteiger charge is -2.25. The highest BCUT2D eigenvalue weighted by atomic mass is 19.4. The molecule has 27 heavy (non-hydrogen) atoms. The molecule has 146 valence electrons. The molecule has 8 heteroatoms. The molecule has 0 aromatic heterocycles. The van der Waals surface area contributed by atoms with E-state index in [-0.39, 0.29) is 24.3 Å². The first kappa shape index (κ1) is 20.8. The molecule has 0 saturated heterocycles. The van der Waals surface area contributed by atoms with Gasteiger partial charge in [0.25, 0.3) is 0 Å². The molecular weight excluding hydrogens is 369 g/mol.